The average molecular weight is 405 g/mol. The molecule has 0 aliphatic carbocycles. The fourth-order valence-electron chi connectivity index (χ4n) is 2.75. The second-order valence-electron chi connectivity index (χ2n) is 7.54. The molecule has 0 amide bonds. The van der Waals surface area contributed by atoms with Gasteiger partial charge in [-0.05, 0) is 49.2 Å². The van der Waals surface area contributed by atoms with Gasteiger partial charge < -0.3 is 10.1 Å². The van der Waals surface area contributed by atoms with Gasteiger partial charge in [0.15, 0.2) is 0 Å². The summed E-state index contributed by atoms with van der Waals surface area (Å²) < 4.78 is 5.44. The molecule has 30 heavy (non-hydrogen) atoms. The largest absolute Gasteiger partial charge is 0.460 e. The first-order valence-electron chi connectivity index (χ1n) is 9.51. The van der Waals surface area contributed by atoms with Crippen molar-refractivity contribution < 1.29 is 14.5 Å². The minimum atomic E-state index is -0.729. The van der Waals surface area contributed by atoms with E-state index in [0.29, 0.717) is 12.4 Å². The van der Waals surface area contributed by atoms with Crippen molar-refractivity contribution in [1.29, 1.82) is 0 Å². The molecule has 3 aromatic rings. The first-order chi connectivity index (χ1) is 14.3. The van der Waals surface area contributed by atoms with Gasteiger partial charge in [-0.15, -0.1) is 0 Å². The van der Waals surface area contributed by atoms with Crippen molar-refractivity contribution in [3.05, 3.63) is 88.6 Å². The van der Waals surface area contributed by atoms with Gasteiger partial charge in [0.1, 0.15) is 12.4 Å². The molecule has 2 aromatic carbocycles. The maximum absolute atomic E-state index is 12.4. The third-order valence-electron chi connectivity index (χ3n) is 4.65. The molecule has 0 spiro atoms. The monoisotopic (exact) mass is 405 g/mol. The highest BCUT2D eigenvalue weighted by molar-refractivity contribution is 5.76. The number of non-ortho nitro benzene ring substituents is 1. The Balaban J connectivity index is 1.55. The molecule has 3 rings (SSSR count). The standard InChI is InChI=1S/C23H23N3O4/c1-23(2,22(27)30-15-17-6-4-3-5-7-17)16-25-21-13-10-19(14-24-21)18-8-11-20(12-9-18)26(28)29/h3-14H,15-16H2,1-2H3,(H,24,25). The van der Waals surface area contributed by atoms with Gasteiger partial charge in [0.25, 0.3) is 5.69 Å². The molecule has 7 nitrogen and oxygen atoms in total. The highest BCUT2D eigenvalue weighted by Gasteiger charge is 2.29. The van der Waals surface area contributed by atoms with Crippen molar-refractivity contribution in [2.75, 3.05) is 11.9 Å². The topological polar surface area (TPSA) is 94.4 Å². The molecule has 0 radical (unpaired) electrons. The van der Waals surface area contributed by atoms with Crippen LogP contribution in [0.5, 0.6) is 0 Å². The number of rotatable bonds is 8. The van der Waals surface area contributed by atoms with E-state index in [9.17, 15) is 14.9 Å². The lowest BCUT2D eigenvalue weighted by Gasteiger charge is -2.23. The number of carbonyl (C=O) groups is 1. The number of nitrogens with zero attached hydrogens (tertiary/aromatic N) is 2. The zero-order valence-electron chi connectivity index (χ0n) is 16.9. The van der Waals surface area contributed by atoms with E-state index in [1.165, 1.54) is 12.1 Å². The van der Waals surface area contributed by atoms with Crippen molar-refractivity contribution >= 4 is 17.5 Å². The molecule has 0 saturated heterocycles. The van der Waals surface area contributed by atoms with Gasteiger partial charge in [0.2, 0.25) is 0 Å². The average Bonchev–Trinajstić information content (AvgIpc) is 2.77. The Bertz CT molecular complexity index is 1000. The summed E-state index contributed by atoms with van der Waals surface area (Å²) in [7, 11) is 0. The molecule has 0 atom stereocenters. The van der Waals surface area contributed by atoms with Crippen LogP contribution in [0.25, 0.3) is 11.1 Å². The third kappa shape index (κ3) is 5.41. The predicted molar refractivity (Wildman–Crippen MR) is 115 cm³/mol. The Morgan fingerprint density at radius 2 is 1.70 bits per heavy atom. The zero-order chi connectivity index (χ0) is 21.6. The van der Waals surface area contributed by atoms with E-state index in [1.54, 1.807) is 18.3 Å². The number of hydrogen-bond acceptors (Lipinski definition) is 6. The van der Waals surface area contributed by atoms with Crippen molar-refractivity contribution in [2.45, 2.75) is 20.5 Å². The van der Waals surface area contributed by atoms with E-state index in [4.69, 9.17) is 4.74 Å². The number of nitro groups is 1. The van der Waals surface area contributed by atoms with Crippen LogP contribution in [-0.4, -0.2) is 22.4 Å². The summed E-state index contributed by atoms with van der Waals surface area (Å²) in [5.41, 5.74) is 1.94. The molecule has 0 unspecified atom stereocenters. The van der Waals surface area contributed by atoms with E-state index >= 15 is 0 Å². The van der Waals surface area contributed by atoms with Crippen LogP contribution in [0.2, 0.25) is 0 Å². The number of benzene rings is 2. The lowest BCUT2D eigenvalue weighted by Crippen LogP contribution is -2.33. The van der Waals surface area contributed by atoms with Crippen LogP contribution in [0, 0.1) is 15.5 Å². The molecule has 0 aliphatic heterocycles. The highest BCUT2D eigenvalue weighted by Crippen LogP contribution is 2.24. The molecule has 0 bridgehead atoms. The number of carbonyl (C=O) groups excluding carboxylic acids is 1. The number of aromatic nitrogens is 1. The number of hydrogen-bond donors (Lipinski definition) is 1. The van der Waals surface area contributed by atoms with Crippen molar-refractivity contribution in [3.8, 4) is 11.1 Å². The summed E-state index contributed by atoms with van der Waals surface area (Å²) in [5.74, 6) is 0.339. The molecular weight excluding hydrogens is 382 g/mol. The summed E-state index contributed by atoms with van der Waals surface area (Å²) in [5, 5.41) is 13.9. The van der Waals surface area contributed by atoms with Gasteiger partial charge in [0.05, 0.1) is 10.3 Å². The minimum absolute atomic E-state index is 0.0476. The summed E-state index contributed by atoms with van der Waals surface area (Å²) in [4.78, 5) is 27.1. The van der Waals surface area contributed by atoms with Crippen LogP contribution in [0.3, 0.4) is 0 Å². The molecule has 1 aromatic heterocycles. The smallest absolute Gasteiger partial charge is 0.313 e. The fourth-order valence-corrected chi connectivity index (χ4v) is 2.75. The Kier molecular flexibility index (Phi) is 6.41. The van der Waals surface area contributed by atoms with E-state index in [-0.39, 0.29) is 18.3 Å². The second kappa shape index (κ2) is 9.17. The molecule has 0 aliphatic rings. The Labute approximate surface area is 174 Å². The zero-order valence-corrected chi connectivity index (χ0v) is 16.9. The molecule has 0 fully saturated rings. The van der Waals surface area contributed by atoms with Gasteiger partial charge in [-0.25, -0.2) is 4.98 Å². The number of pyridine rings is 1. The first-order valence-corrected chi connectivity index (χ1v) is 9.51. The van der Waals surface area contributed by atoms with Gasteiger partial charge in [-0.3, -0.25) is 14.9 Å². The van der Waals surface area contributed by atoms with Crippen molar-refractivity contribution in [1.82, 2.24) is 4.98 Å². The summed E-state index contributed by atoms with van der Waals surface area (Å²) in [6.07, 6.45) is 1.68. The normalized spacial score (nSPS) is 11.0. The van der Waals surface area contributed by atoms with Crippen molar-refractivity contribution in [3.63, 3.8) is 0 Å². The molecule has 1 heterocycles. The summed E-state index contributed by atoms with van der Waals surface area (Å²) in [6, 6.07) is 19.5. The summed E-state index contributed by atoms with van der Waals surface area (Å²) >= 11 is 0. The van der Waals surface area contributed by atoms with Gasteiger partial charge in [0, 0.05) is 30.4 Å². The first kappa shape index (κ1) is 21.0. The fraction of sp³-hybridized carbons (Fsp3) is 0.217. The van der Waals surface area contributed by atoms with Gasteiger partial charge >= 0.3 is 5.97 Å². The second-order valence-corrected chi connectivity index (χ2v) is 7.54. The molecule has 7 heteroatoms. The van der Waals surface area contributed by atoms with E-state index in [1.807, 2.05) is 56.3 Å². The van der Waals surface area contributed by atoms with E-state index < -0.39 is 10.3 Å². The van der Waals surface area contributed by atoms with Crippen LogP contribution in [0.1, 0.15) is 19.4 Å². The number of ether oxygens (including phenoxy) is 1. The van der Waals surface area contributed by atoms with Crippen LogP contribution < -0.4 is 5.32 Å². The van der Waals surface area contributed by atoms with Crippen molar-refractivity contribution in [2.24, 2.45) is 5.41 Å². The van der Waals surface area contributed by atoms with Crippen LogP contribution >= 0.6 is 0 Å². The molecule has 1 N–H and O–H groups in total. The molecular formula is C23H23N3O4. The number of anilines is 1. The van der Waals surface area contributed by atoms with Crippen LogP contribution in [0.15, 0.2) is 72.9 Å². The van der Waals surface area contributed by atoms with Gasteiger partial charge in [-0.2, -0.15) is 0 Å². The Morgan fingerprint density at radius 1 is 1.03 bits per heavy atom. The van der Waals surface area contributed by atoms with Crippen LogP contribution in [0.4, 0.5) is 11.5 Å². The highest BCUT2D eigenvalue weighted by atomic mass is 16.6. The third-order valence-corrected chi connectivity index (χ3v) is 4.65. The summed E-state index contributed by atoms with van der Waals surface area (Å²) in [6.45, 7) is 4.24. The quantitative estimate of drug-likeness (QED) is 0.327. The Hall–Kier alpha value is -3.74. The van der Waals surface area contributed by atoms with Crippen LogP contribution in [-0.2, 0) is 16.1 Å². The van der Waals surface area contributed by atoms with E-state index in [2.05, 4.69) is 10.3 Å². The lowest BCUT2D eigenvalue weighted by atomic mass is 9.93. The maximum Gasteiger partial charge on any atom is 0.313 e. The minimum Gasteiger partial charge on any atom is -0.460 e. The molecule has 154 valence electrons. The van der Waals surface area contributed by atoms with E-state index in [0.717, 1.165) is 16.7 Å². The SMILES string of the molecule is CC(C)(CNc1ccc(-c2ccc([N+](=O)[O-])cc2)cn1)C(=O)OCc1ccccc1. The molecule has 0 saturated carbocycles. The number of nitro benzene ring substituents is 1. The Morgan fingerprint density at radius 3 is 2.30 bits per heavy atom. The maximum atomic E-state index is 12.4. The number of nitrogens with one attached hydrogen (secondary N) is 1. The van der Waals surface area contributed by atoms with Gasteiger partial charge in [-0.1, -0.05) is 30.3 Å². The predicted octanol–water partition coefficient (Wildman–Crippen LogP) is 4.84. The lowest BCUT2D eigenvalue weighted by molar-refractivity contribution is -0.384. The number of esters is 1.